The second-order valence-electron chi connectivity index (χ2n) is 7.76. The highest BCUT2D eigenvalue weighted by Gasteiger charge is 2.33. The predicted octanol–water partition coefficient (Wildman–Crippen LogP) is 4.80. The third-order valence-electron chi connectivity index (χ3n) is 4.65. The highest BCUT2D eigenvalue weighted by Crippen LogP contribution is 2.28. The normalized spacial score (nSPS) is 15.6. The van der Waals surface area contributed by atoms with Crippen LogP contribution < -0.4 is 10.1 Å². The van der Waals surface area contributed by atoms with Crippen molar-refractivity contribution < 1.29 is 14.4 Å². The van der Waals surface area contributed by atoms with E-state index in [0.29, 0.717) is 11.1 Å². The fourth-order valence-corrected chi connectivity index (χ4v) is 3.37. The van der Waals surface area contributed by atoms with Gasteiger partial charge in [0, 0.05) is 31.7 Å². The first-order valence-corrected chi connectivity index (χ1v) is 9.42. The first-order valence-electron chi connectivity index (χ1n) is 9.42. The zero-order chi connectivity index (χ0) is 20.0. The maximum absolute atomic E-state index is 12.1. The predicted molar refractivity (Wildman–Crippen MR) is 118 cm³/mol. The van der Waals surface area contributed by atoms with Gasteiger partial charge in [-0.15, -0.1) is 12.4 Å². The number of ether oxygens (including phenoxy) is 1. The van der Waals surface area contributed by atoms with E-state index in [4.69, 9.17) is 9.57 Å². The standard InChI is InChI=1S/C22H27N3O3.ClH/c1-22(2)15-25(16-22)14-13-20(17-7-5-4-6-8-17)24-28-21(26)23-18-9-11-19(27-3)12-10-18;/h4-12H,13-16H2,1-3H3,(H,23,26);1H/b24-20-;. The van der Waals surface area contributed by atoms with Crippen LogP contribution in [0.25, 0.3) is 0 Å². The Bertz CT molecular complexity index is 815. The Morgan fingerprint density at radius 2 is 1.76 bits per heavy atom. The van der Waals surface area contributed by atoms with Gasteiger partial charge in [0.1, 0.15) is 5.75 Å². The van der Waals surface area contributed by atoms with Crippen LogP contribution in [-0.2, 0) is 4.84 Å². The Balaban J connectivity index is 0.00000300. The molecule has 1 saturated heterocycles. The zero-order valence-corrected chi connectivity index (χ0v) is 17.9. The van der Waals surface area contributed by atoms with Crippen molar-refractivity contribution in [2.75, 3.05) is 32.1 Å². The number of nitrogens with zero attached hydrogens (tertiary/aromatic N) is 2. The van der Waals surface area contributed by atoms with Crippen molar-refractivity contribution >= 4 is 29.9 Å². The molecule has 0 aromatic heterocycles. The molecule has 2 aromatic carbocycles. The van der Waals surface area contributed by atoms with Crippen LogP contribution in [0, 0.1) is 5.41 Å². The smallest absolute Gasteiger partial charge is 0.437 e. The number of methoxy groups -OCH3 is 1. The molecule has 0 spiro atoms. The Kier molecular flexibility index (Phi) is 8.05. The van der Waals surface area contributed by atoms with Crippen molar-refractivity contribution in [3.63, 3.8) is 0 Å². The third-order valence-corrected chi connectivity index (χ3v) is 4.65. The summed E-state index contributed by atoms with van der Waals surface area (Å²) in [6, 6.07) is 16.8. The summed E-state index contributed by atoms with van der Waals surface area (Å²) in [5, 5.41) is 6.81. The topological polar surface area (TPSA) is 63.2 Å². The molecule has 1 heterocycles. The molecule has 0 atom stereocenters. The summed E-state index contributed by atoms with van der Waals surface area (Å²) in [7, 11) is 1.59. The number of hydrogen-bond acceptors (Lipinski definition) is 5. The second-order valence-corrected chi connectivity index (χ2v) is 7.76. The summed E-state index contributed by atoms with van der Waals surface area (Å²) in [5.41, 5.74) is 2.72. The molecule has 1 amide bonds. The van der Waals surface area contributed by atoms with Gasteiger partial charge in [0.25, 0.3) is 0 Å². The van der Waals surface area contributed by atoms with Crippen LogP contribution >= 0.6 is 12.4 Å². The monoisotopic (exact) mass is 417 g/mol. The van der Waals surface area contributed by atoms with Crippen molar-refractivity contribution in [2.45, 2.75) is 20.3 Å². The quantitative estimate of drug-likeness (QED) is 0.399. The van der Waals surface area contributed by atoms with Crippen molar-refractivity contribution in [2.24, 2.45) is 10.6 Å². The highest BCUT2D eigenvalue weighted by molar-refractivity contribution is 6.00. The van der Waals surface area contributed by atoms with E-state index >= 15 is 0 Å². The number of oxime groups is 1. The lowest BCUT2D eigenvalue weighted by molar-refractivity contribution is 0.0338. The summed E-state index contributed by atoms with van der Waals surface area (Å²) in [6.45, 7) is 7.58. The second kappa shape index (κ2) is 10.3. The number of hydrogen-bond donors (Lipinski definition) is 1. The largest absolute Gasteiger partial charge is 0.497 e. The Hall–Kier alpha value is -2.57. The molecule has 1 aliphatic rings. The fraction of sp³-hybridized carbons (Fsp3) is 0.364. The molecule has 156 valence electrons. The van der Waals surface area contributed by atoms with Crippen molar-refractivity contribution in [1.29, 1.82) is 0 Å². The minimum absolute atomic E-state index is 0. The number of amides is 1. The van der Waals surface area contributed by atoms with Crippen LogP contribution in [0.3, 0.4) is 0 Å². The molecule has 0 bridgehead atoms. The summed E-state index contributed by atoms with van der Waals surface area (Å²) < 4.78 is 5.11. The number of carbonyl (C=O) groups excluding carboxylic acids is 1. The number of rotatable bonds is 7. The molecule has 7 heteroatoms. The van der Waals surface area contributed by atoms with Crippen molar-refractivity contribution in [3.05, 3.63) is 60.2 Å². The van der Waals surface area contributed by atoms with Gasteiger partial charge in [-0.25, -0.2) is 4.79 Å². The first kappa shape index (κ1) is 22.7. The van der Waals surface area contributed by atoms with Gasteiger partial charge in [0.2, 0.25) is 0 Å². The number of carbonyl (C=O) groups is 1. The van der Waals surface area contributed by atoms with Gasteiger partial charge in [-0.05, 0) is 35.2 Å². The molecule has 2 aromatic rings. The number of nitrogens with one attached hydrogen (secondary N) is 1. The molecule has 0 radical (unpaired) electrons. The molecule has 1 fully saturated rings. The Morgan fingerprint density at radius 1 is 1.10 bits per heavy atom. The van der Waals surface area contributed by atoms with Crippen LogP contribution in [0.15, 0.2) is 59.8 Å². The van der Waals surface area contributed by atoms with E-state index in [1.165, 1.54) is 0 Å². The van der Waals surface area contributed by atoms with Crippen LogP contribution in [0.4, 0.5) is 10.5 Å². The molecule has 0 aliphatic carbocycles. The molecule has 1 aliphatic heterocycles. The SMILES string of the molecule is COc1ccc(NC(=O)O/N=C(/CCN2CC(C)(C)C2)c2ccccc2)cc1.Cl. The van der Waals surface area contributed by atoms with Gasteiger partial charge < -0.3 is 9.64 Å². The van der Waals surface area contributed by atoms with E-state index in [9.17, 15) is 4.79 Å². The van der Waals surface area contributed by atoms with Crippen LogP contribution in [0.1, 0.15) is 25.8 Å². The highest BCUT2D eigenvalue weighted by atomic mass is 35.5. The number of halogens is 1. The van der Waals surface area contributed by atoms with Gasteiger partial charge in [-0.3, -0.25) is 10.2 Å². The lowest BCUT2D eigenvalue weighted by Gasteiger charge is -2.46. The molecule has 0 saturated carbocycles. The molecule has 3 rings (SSSR count). The molecular weight excluding hydrogens is 390 g/mol. The Morgan fingerprint density at radius 3 is 2.34 bits per heavy atom. The van der Waals surface area contributed by atoms with E-state index in [-0.39, 0.29) is 12.4 Å². The van der Waals surface area contributed by atoms with Crippen LogP contribution in [0.5, 0.6) is 5.75 Å². The van der Waals surface area contributed by atoms with Crippen molar-refractivity contribution in [1.82, 2.24) is 4.90 Å². The first-order chi connectivity index (χ1) is 13.4. The molecular formula is C22H28ClN3O3. The number of anilines is 1. The number of benzene rings is 2. The molecule has 29 heavy (non-hydrogen) atoms. The summed E-state index contributed by atoms with van der Waals surface area (Å²) in [6.07, 6.45) is 0.0966. The average molecular weight is 418 g/mol. The minimum Gasteiger partial charge on any atom is -0.497 e. The molecule has 1 N–H and O–H groups in total. The minimum atomic E-state index is -0.622. The summed E-state index contributed by atoms with van der Waals surface area (Å²) in [5.74, 6) is 0.720. The van der Waals surface area contributed by atoms with E-state index in [2.05, 4.69) is 29.2 Å². The van der Waals surface area contributed by atoms with Gasteiger partial charge in [-0.2, -0.15) is 0 Å². The maximum atomic E-state index is 12.1. The van der Waals surface area contributed by atoms with Gasteiger partial charge in [-0.1, -0.05) is 49.3 Å². The number of likely N-dealkylation sites (tertiary alicyclic amines) is 1. The van der Waals surface area contributed by atoms with Gasteiger partial charge >= 0.3 is 6.09 Å². The molecule has 0 unspecified atom stereocenters. The lowest BCUT2D eigenvalue weighted by Crippen LogP contribution is -2.53. The summed E-state index contributed by atoms with van der Waals surface area (Å²) >= 11 is 0. The van der Waals surface area contributed by atoms with E-state index in [0.717, 1.165) is 43.1 Å². The van der Waals surface area contributed by atoms with E-state index in [1.54, 1.807) is 31.4 Å². The Labute approximate surface area is 178 Å². The average Bonchev–Trinajstić information content (AvgIpc) is 2.67. The summed E-state index contributed by atoms with van der Waals surface area (Å²) in [4.78, 5) is 19.6. The maximum Gasteiger partial charge on any atom is 0.437 e. The van der Waals surface area contributed by atoms with Gasteiger partial charge in [0.05, 0.1) is 12.8 Å². The van der Waals surface area contributed by atoms with Crippen LogP contribution in [-0.4, -0.2) is 43.4 Å². The van der Waals surface area contributed by atoms with E-state index < -0.39 is 6.09 Å². The van der Waals surface area contributed by atoms with Gasteiger partial charge in [0.15, 0.2) is 0 Å². The van der Waals surface area contributed by atoms with Crippen molar-refractivity contribution in [3.8, 4) is 5.75 Å². The fourth-order valence-electron chi connectivity index (χ4n) is 3.37. The van der Waals surface area contributed by atoms with E-state index in [1.807, 2.05) is 30.3 Å². The lowest BCUT2D eigenvalue weighted by atomic mass is 9.84. The zero-order valence-electron chi connectivity index (χ0n) is 17.1. The third kappa shape index (κ3) is 6.76. The van der Waals surface area contributed by atoms with Crippen LogP contribution in [0.2, 0.25) is 0 Å². The molecule has 6 nitrogen and oxygen atoms in total.